The Morgan fingerprint density at radius 1 is 1.15 bits per heavy atom. The van der Waals surface area contributed by atoms with Crippen molar-refractivity contribution in [3.05, 3.63) is 100 Å². The van der Waals surface area contributed by atoms with Crippen LogP contribution in [0, 0.1) is 5.82 Å². The van der Waals surface area contributed by atoms with E-state index in [1.807, 2.05) is 24.8 Å². The third kappa shape index (κ3) is 6.32. The van der Waals surface area contributed by atoms with Gasteiger partial charge in [0.05, 0.1) is 10.7 Å². The molecule has 0 aliphatic carbocycles. The molecule has 1 N–H and O–H groups in total. The van der Waals surface area contributed by atoms with Crippen LogP contribution < -0.4 is 15.0 Å². The lowest BCUT2D eigenvalue weighted by Gasteiger charge is -2.34. The van der Waals surface area contributed by atoms with Gasteiger partial charge < -0.3 is 15.0 Å². The molecule has 0 saturated carbocycles. The van der Waals surface area contributed by atoms with Gasteiger partial charge in [0.15, 0.2) is 0 Å². The lowest BCUT2D eigenvalue weighted by molar-refractivity contribution is -0.274. The molecule has 1 amide bonds. The second kappa shape index (κ2) is 11.4. The summed E-state index contributed by atoms with van der Waals surface area (Å²) in [5, 5.41) is 3.34. The van der Waals surface area contributed by atoms with Crippen LogP contribution in [0.15, 0.2) is 66.9 Å². The fraction of sp³-hybridized carbons (Fsp3) is 0.267. The molecule has 1 aliphatic heterocycles. The second-order valence-corrected chi connectivity index (χ2v) is 10.2. The topological polar surface area (TPSA) is 58.9 Å². The van der Waals surface area contributed by atoms with Crippen molar-refractivity contribution in [3.63, 3.8) is 0 Å². The van der Waals surface area contributed by atoms with Crippen molar-refractivity contribution in [2.45, 2.75) is 45.6 Å². The van der Waals surface area contributed by atoms with Crippen LogP contribution in [-0.4, -0.2) is 34.2 Å². The zero-order valence-electron chi connectivity index (χ0n) is 22.3. The average Bonchev–Trinajstić information content (AvgIpc) is 3.29. The summed E-state index contributed by atoms with van der Waals surface area (Å²) in [6.45, 7) is 4.55. The van der Waals surface area contributed by atoms with Gasteiger partial charge in [-0.25, -0.2) is 9.37 Å². The van der Waals surface area contributed by atoms with Gasteiger partial charge in [0.25, 0.3) is 5.91 Å². The molecule has 4 aromatic rings. The van der Waals surface area contributed by atoms with E-state index in [2.05, 4.69) is 15.0 Å². The summed E-state index contributed by atoms with van der Waals surface area (Å²) in [6, 6.07) is 14.0. The van der Waals surface area contributed by atoms with Gasteiger partial charge in [-0.15, -0.1) is 13.2 Å². The number of hydrogen-bond acceptors (Lipinski definition) is 4. The highest BCUT2D eigenvalue weighted by Crippen LogP contribution is 2.32. The fourth-order valence-corrected chi connectivity index (χ4v) is 5.25. The van der Waals surface area contributed by atoms with Gasteiger partial charge in [-0.3, -0.25) is 9.20 Å². The van der Waals surface area contributed by atoms with E-state index in [4.69, 9.17) is 11.6 Å². The van der Waals surface area contributed by atoms with Crippen molar-refractivity contribution in [2.24, 2.45) is 0 Å². The maximum absolute atomic E-state index is 15.2. The highest BCUT2D eigenvalue weighted by Gasteiger charge is 2.31. The molecule has 1 atom stereocenters. The number of alkyl halides is 3. The zero-order chi connectivity index (χ0) is 29.3. The largest absolute Gasteiger partial charge is 0.573 e. The van der Waals surface area contributed by atoms with E-state index in [-0.39, 0.29) is 24.2 Å². The van der Waals surface area contributed by atoms with Crippen molar-refractivity contribution in [1.29, 1.82) is 0 Å². The van der Waals surface area contributed by atoms with E-state index < -0.39 is 12.2 Å². The number of aromatic nitrogens is 2. The smallest absolute Gasteiger partial charge is 0.406 e. The molecular formula is C30H27ClF4N4O2. The Kier molecular flexibility index (Phi) is 7.95. The summed E-state index contributed by atoms with van der Waals surface area (Å²) in [5.41, 5.74) is 4.33. The molecule has 11 heteroatoms. The van der Waals surface area contributed by atoms with Gasteiger partial charge in [0, 0.05) is 36.6 Å². The van der Waals surface area contributed by atoms with Crippen molar-refractivity contribution in [2.75, 3.05) is 11.4 Å². The van der Waals surface area contributed by atoms with E-state index >= 15 is 4.39 Å². The van der Waals surface area contributed by atoms with E-state index in [0.29, 0.717) is 52.6 Å². The number of fused-ring (bicyclic) bond motifs is 1. The van der Waals surface area contributed by atoms with E-state index in [0.717, 1.165) is 11.3 Å². The number of halogens is 5. The summed E-state index contributed by atoms with van der Waals surface area (Å²) >= 11 is 6.12. The number of amides is 1. The SMILES string of the molecule is CCc1nc2ccc(Cl)cn2c1C(=O)NCc1ccc(C2=C[C@H](C)N(c3ccc(OC(F)(F)F)cc3)CC2)c(F)c1. The van der Waals surface area contributed by atoms with Crippen LogP contribution in [0.25, 0.3) is 11.2 Å². The predicted octanol–water partition coefficient (Wildman–Crippen LogP) is 7.20. The Hall–Kier alpha value is -4.05. The molecule has 0 radical (unpaired) electrons. The van der Waals surface area contributed by atoms with Crippen molar-refractivity contribution >= 4 is 34.4 Å². The van der Waals surface area contributed by atoms with E-state index in [1.165, 1.54) is 18.2 Å². The number of nitrogens with zero attached hydrogens (tertiary/aromatic N) is 3. The predicted molar refractivity (Wildman–Crippen MR) is 150 cm³/mol. The van der Waals surface area contributed by atoms with Crippen molar-refractivity contribution < 1.29 is 27.1 Å². The van der Waals surface area contributed by atoms with Crippen LogP contribution in [0.3, 0.4) is 0 Å². The number of anilines is 1. The molecule has 214 valence electrons. The molecule has 0 unspecified atom stereocenters. The number of carbonyl (C=O) groups excluding carboxylic acids is 1. The molecule has 41 heavy (non-hydrogen) atoms. The number of carbonyl (C=O) groups is 1. The van der Waals surface area contributed by atoms with Crippen LogP contribution in [-0.2, 0) is 13.0 Å². The minimum absolute atomic E-state index is 0.113. The van der Waals surface area contributed by atoms with E-state index in [9.17, 15) is 18.0 Å². The first-order chi connectivity index (χ1) is 19.5. The van der Waals surface area contributed by atoms with Gasteiger partial charge in [0.2, 0.25) is 0 Å². The number of ether oxygens (including phenoxy) is 1. The summed E-state index contributed by atoms with van der Waals surface area (Å²) in [7, 11) is 0. The minimum Gasteiger partial charge on any atom is -0.406 e. The molecule has 0 fully saturated rings. The van der Waals surface area contributed by atoms with Gasteiger partial charge in [0.1, 0.15) is 22.9 Å². The molecule has 5 rings (SSSR count). The lowest BCUT2D eigenvalue weighted by atomic mass is 9.94. The molecule has 0 bridgehead atoms. The van der Waals surface area contributed by atoms with Crippen LogP contribution in [0.4, 0.5) is 23.2 Å². The first-order valence-corrected chi connectivity index (χ1v) is 13.5. The zero-order valence-corrected chi connectivity index (χ0v) is 23.1. The van der Waals surface area contributed by atoms with Crippen LogP contribution >= 0.6 is 11.6 Å². The standard InChI is InChI=1S/C30H27ClF4N4O2/c1-3-26-28(39-17-21(31)5-11-27(39)37-26)29(40)36-16-19-4-10-24(25(32)15-19)20-12-13-38(18(2)14-20)22-6-8-23(9-7-22)41-30(33,34)35/h4-11,14-15,17-18H,3,12-13,16H2,1-2H3,(H,36,40)/t18-/m0/s1. The van der Waals surface area contributed by atoms with Gasteiger partial charge in [-0.2, -0.15) is 0 Å². The normalized spacial score (nSPS) is 15.6. The third-order valence-corrected chi connectivity index (χ3v) is 7.22. The summed E-state index contributed by atoms with van der Waals surface area (Å²) < 4.78 is 58.2. The third-order valence-electron chi connectivity index (χ3n) is 7.00. The molecule has 2 aromatic carbocycles. The van der Waals surface area contributed by atoms with Gasteiger partial charge >= 0.3 is 6.36 Å². The van der Waals surface area contributed by atoms with Gasteiger partial charge in [-0.1, -0.05) is 36.7 Å². The number of aryl methyl sites for hydroxylation is 1. The summed E-state index contributed by atoms with van der Waals surface area (Å²) in [4.78, 5) is 19.6. The number of pyridine rings is 1. The quantitative estimate of drug-likeness (QED) is 0.233. The van der Waals surface area contributed by atoms with Crippen LogP contribution in [0.2, 0.25) is 5.02 Å². The molecular weight excluding hydrogens is 560 g/mol. The molecule has 0 saturated heterocycles. The number of hydrogen-bond donors (Lipinski definition) is 1. The molecule has 0 spiro atoms. The first-order valence-electron chi connectivity index (χ1n) is 13.1. The molecule has 1 aliphatic rings. The Labute approximate surface area is 239 Å². The van der Waals surface area contributed by atoms with Crippen LogP contribution in [0.5, 0.6) is 5.75 Å². The maximum Gasteiger partial charge on any atom is 0.573 e. The van der Waals surface area contributed by atoms with E-state index in [1.54, 1.807) is 47.0 Å². The number of imidazole rings is 1. The Balaban J connectivity index is 1.26. The highest BCUT2D eigenvalue weighted by molar-refractivity contribution is 6.30. The molecule has 6 nitrogen and oxygen atoms in total. The molecule has 3 heterocycles. The van der Waals surface area contributed by atoms with Crippen LogP contribution in [0.1, 0.15) is 47.6 Å². The van der Waals surface area contributed by atoms with Crippen molar-refractivity contribution in [1.82, 2.24) is 14.7 Å². The number of rotatable bonds is 7. The van der Waals surface area contributed by atoms with Gasteiger partial charge in [-0.05, 0) is 73.4 Å². The highest BCUT2D eigenvalue weighted by atomic mass is 35.5. The average molecular weight is 587 g/mol. The lowest BCUT2D eigenvalue weighted by Crippen LogP contribution is -2.36. The maximum atomic E-state index is 15.2. The second-order valence-electron chi connectivity index (χ2n) is 9.75. The fourth-order valence-electron chi connectivity index (χ4n) is 5.09. The Morgan fingerprint density at radius 2 is 1.90 bits per heavy atom. The van der Waals surface area contributed by atoms with Crippen molar-refractivity contribution in [3.8, 4) is 5.75 Å². The first kappa shape index (κ1) is 28.5. The monoisotopic (exact) mass is 586 g/mol. The Morgan fingerprint density at radius 3 is 2.56 bits per heavy atom. The number of nitrogens with one attached hydrogen (secondary N) is 1. The number of benzene rings is 2. The Bertz CT molecular complexity index is 1620. The minimum atomic E-state index is -4.74. The molecule has 2 aromatic heterocycles. The summed E-state index contributed by atoms with van der Waals surface area (Å²) in [5.74, 6) is -1.01. The summed E-state index contributed by atoms with van der Waals surface area (Å²) in [6.07, 6.45) is -0.0381.